The van der Waals surface area contributed by atoms with E-state index in [-0.39, 0.29) is 5.91 Å². The molecule has 0 atom stereocenters. The largest absolute Gasteiger partial charge is 0.496 e. The lowest BCUT2D eigenvalue weighted by atomic mass is 10.1. The first-order chi connectivity index (χ1) is 11.3. The van der Waals surface area contributed by atoms with E-state index >= 15 is 0 Å². The Morgan fingerprint density at radius 2 is 2.22 bits per heavy atom. The van der Waals surface area contributed by atoms with E-state index < -0.39 is 0 Å². The van der Waals surface area contributed by atoms with Crippen molar-refractivity contribution in [2.75, 3.05) is 7.11 Å². The number of amides is 1. The Morgan fingerprint density at radius 3 is 3.00 bits per heavy atom. The van der Waals surface area contributed by atoms with Gasteiger partial charge in [-0.2, -0.15) is 10.2 Å². The summed E-state index contributed by atoms with van der Waals surface area (Å²) >= 11 is 1.54. The van der Waals surface area contributed by atoms with E-state index in [4.69, 9.17) is 4.74 Å². The molecule has 23 heavy (non-hydrogen) atoms. The second kappa shape index (κ2) is 6.89. The summed E-state index contributed by atoms with van der Waals surface area (Å²) in [7, 11) is 1.60. The lowest BCUT2D eigenvalue weighted by Gasteiger charge is -2.04. The molecule has 116 valence electrons. The van der Waals surface area contributed by atoms with Crippen LogP contribution < -0.4 is 10.2 Å². The zero-order valence-corrected chi connectivity index (χ0v) is 13.1. The quantitative estimate of drug-likeness (QED) is 0.559. The number of carbonyl (C=O) groups is 1. The van der Waals surface area contributed by atoms with E-state index in [1.165, 1.54) is 0 Å². The molecule has 3 rings (SSSR count). The molecule has 0 bridgehead atoms. The number of benzene rings is 1. The van der Waals surface area contributed by atoms with Crippen molar-refractivity contribution in [3.05, 3.63) is 58.4 Å². The molecular weight excluding hydrogens is 312 g/mol. The Morgan fingerprint density at radius 1 is 1.35 bits per heavy atom. The number of methoxy groups -OCH3 is 1. The molecule has 1 amide bonds. The number of aromatic amines is 1. The van der Waals surface area contributed by atoms with Crippen molar-refractivity contribution in [3.63, 3.8) is 0 Å². The number of aromatic nitrogens is 2. The number of rotatable bonds is 5. The molecule has 2 heterocycles. The summed E-state index contributed by atoms with van der Waals surface area (Å²) in [5.41, 5.74) is 4.24. The number of thiophene rings is 1. The second-order valence-electron chi connectivity index (χ2n) is 4.58. The molecule has 0 aliphatic carbocycles. The van der Waals surface area contributed by atoms with E-state index in [1.54, 1.807) is 30.7 Å². The molecule has 0 saturated heterocycles. The van der Waals surface area contributed by atoms with E-state index in [9.17, 15) is 4.79 Å². The molecular formula is C16H14N4O2S. The van der Waals surface area contributed by atoms with Gasteiger partial charge in [-0.3, -0.25) is 9.89 Å². The minimum atomic E-state index is -0.355. The van der Waals surface area contributed by atoms with Gasteiger partial charge in [-0.05, 0) is 29.6 Å². The maximum Gasteiger partial charge on any atom is 0.289 e. The van der Waals surface area contributed by atoms with Crippen LogP contribution in [0.2, 0.25) is 0 Å². The smallest absolute Gasteiger partial charge is 0.289 e. The molecule has 0 radical (unpaired) electrons. The van der Waals surface area contributed by atoms with Crippen LogP contribution in [-0.4, -0.2) is 29.4 Å². The fourth-order valence-corrected chi connectivity index (χ4v) is 2.60. The highest BCUT2D eigenvalue weighted by atomic mass is 32.1. The van der Waals surface area contributed by atoms with Crippen LogP contribution in [0.25, 0.3) is 11.3 Å². The van der Waals surface area contributed by atoms with Crippen LogP contribution in [0.15, 0.2) is 52.9 Å². The summed E-state index contributed by atoms with van der Waals surface area (Å²) in [5, 5.41) is 12.7. The average Bonchev–Trinajstić information content (AvgIpc) is 3.26. The van der Waals surface area contributed by atoms with Crippen LogP contribution in [0.5, 0.6) is 5.75 Å². The average molecular weight is 326 g/mol. The molecule has 0 saturated carbocycles. The lowest BCUT2D eigenvalue weighted by molar-refractivity contribution is 0.0950. The maximum absolute atomic E-state index is 12.0. The van der Waals surface area contributed by atoms with Gasteiger partial charge in [-0.25, -0.2) is 5.43 Å². The van der Waals surface area contributed by atoms with Crippen LogP contribution in [0.1, 0.15) is 15.4 Å². The lowest BCUT2D eigenvalue weighted by Crippen LogP contribution is -2.17. The third-order valence-corrected chi connectivity index (χ3v) is 3.91. The third kappa shape index (κ3) is 3.46. The number of hydrogen-bond acceptors (Lipinski definition) is 5. The molecule has 0 spiro atoms. The Balaban J connectivity index is 1.72. The van der Waals surface area contributed by atoms with Crippen LogP contribution in [0, 0.1) is 0 Å². The molecule has 7 heteroatoms. The topological polar surface area (TPSA) is 79.4 Å². The third-order valence-electron chi connectivity index (χ3n) is 3.11. The van der Waals surface area contributed by atoms with Crippen molar-refractivity contribution in [2.24, 2.45) is 5.10 Å². The number of para-hydroxylation sites is 1. The second-order valence-corrected chi connectivity index (χ2v) is 5.56. The first-order valence-electron chi connectivity index (χ1n) is 6.83. The van der Waals surface area contributed by atoms with E-state index in [0.717, 1.165) is 10.4 Å². The van der Waals surface area contributed by atoms with Crippen molar-refractivity contribution in [1.29, 1.82) is 0 Å². The summed E-state index contributed by atoms with van der Waals surface area (Å²) in [6.07, 6.45) is 1.60. The standard InChI is InChI=1S/C16H14N4O2S/c1-22-15-7-3-2-6-12(15)13-9-14(19-18-13)16(21)20-17-10-11-5-4-8-23-11/h2-10H,1H3,(H,18,19)(H,20,21). The maximum atomic E-state index is 12.0. The van der Waals surface area contributed by atoms with Crippen LogP contribution in [-0.2, 0) is 0 Å². The van der Waals surface area contributed by atoms with Crippen LogP contribution in [0.3, 0.4) is 0 Å². The van der Waals surface area contributed by atoms with E-state index in [0.29, 0.717) is 17.1 Å². The molecule has 2 aromatic heterocycles. The first kappa shape index (κ1) is 15.0. The fraction of sp³-hybridized carbons (Fsp3) is 0.0625. The molecule has 0 aliphatic rings. The van der Waals surface area contributed by atoms with Gasteiger partial charge >= 0.3 is 0 Å². The van der Waals surface area contributed by atoms with Crippen molar-refractivity contribution < 1.29 is 9.53 Å². The number of nitrogens with zero attached hydrogens (tertiary/aromatic N) is 2. The number of hydrogen-bond donors (Lipinski definition) is 2. The van der Waals surface area contributed by atoms with Gasteiger partial charge < -0.3 is 4.74 Å². The van der Waals surface area contributed by atoms with Crippen LogP contribution >= 0.6 is 11.3 Å². The van der Waals surface area contributed by atoms with Crippen molar-refractivity contribution in [1.82, 2.24) is 15.6 Å². The number of hydrazone groups is 1. The van der Waals surface area contributed by atoms with E-state index in [2.05, 4.69) is 20.7 Å². The summed E-state index contributed by atoms with van der Waals surface area (Å²) in [5.74, 6) is 0.341. The SMILES string of the molecule is COc1ccccc1-c1cc(C(=O)NN=Cc2cccs2)[nH]n1. The van der Waals surface area contributed by atoms with Crippen LogP contribution in [0.4, 0.5) is 0 Å². The van der Waals surface area contributed by atoms with Gasteiger partial charge in [0.1, 0.15) is 11.4 Å². The molecule has 0 aliphatic heterocycles. The van der Waals surface area contributed by atoms with Gasteiger partial charge in [0.25, 0.3) is 5.91 Å². The van der Waals surface area contributed by atoms with Gasteiger partial charge in [0.05, 0.1) is 19.0 Å². The Kier molecular flexibility index (Phi) is 4.49. The van der Waals surface area contributed by atoms with Gasteiger partial charge in [0, 0.05) is 10.4 Å². The Hall–Kier alpha value is -2.93. The first-order valence-corrected chi connectivity index (χ1v) is 7.71. The van der Waals surface area contributed by atoms with Crippen molar-refractivity contribution in [2.45, 2.75) is 0 Å². The summed E-state index contributed by atoms with van der Waals surface area (Å²) in [4.78, 5) is 13.0. The van der Waals surface area contributed by atoms with Crippen molar-refractivity contribution >= 4 is 23.5 Å². The summed E-state index contributed by atoms with van der Waals surface area (Å²) in [6.45, 7) is 0. The number of ether oxygens (including phenoxy) is 1. The number of carbonyl (C=O) groups excluding carboxylic acids is 1. The van der Waals surface area contributed by atoms with Gasteiger partial charge in [0.2, 0.25) is 0 Å². The van der Waals surface area contributed by atoms with Crippen molar-refractivity contribution in [3.8, 4) is 17.0 Å². The molecule has 6 nitrogen and oxygen atoms in total. The summed E-state index contributed by atoms with van der Waals surface area (Å²) < 4.78 is 5.30. The highest BCUT2D eigenvalue weighted by Gasteiger charge is 2.13. The Bertz CT molecular complexity index is 824. The molecule has 0 fully saturated rings. The van der Waals surface area contributed by atoms with Gasteiger partial charge in [0.15, 0.2) is 0 Å². The van der Waals surface area contributed by atoms with Gasteiger partial charge in [-0.1, -0.05) is 18.2 Å². The Labute approximate surface area is 136 Å². The minimum Gasteiger partial charge on any atom is -0.496 e. The highest BCUT2D eigenvalue weighted by Crippen LogP contribution is 2.28. The normalized spacial score (nSPS) is 10.8. The zero-order valence-electron chi connectivity index (χ0n) is 12.3. The fourth-order valence-electron chi connectivity index (χ4n) is 2.01. The predicted molar refractivity (Wildman–Crippen MR) is 90.0 cm³/mol. The summed E-state index contributed by atoms with van der Waals surface area (Å²) in [6, 6.07) is 13.0. The molecule has 2 N–H and O–H groups in total. The predicted octanol–water partition coefficient (Wildman–Crippen LogP) is 2.91. The molecule has 3 aromatic rings. The number of nitrogens with one attached hydrogen (secondary N) is 2. The zero-order chi connectivity index (χ0) is 16.1. The van der Waals surface area contributed by atoms with Gasteiger partial charge in [-0.15, -0.1) is 11.3 Å². The molecule has 0 unspecified atom stereocenters. The van der Waals surface area contributed by atoms with E-state index in [1.807, 2.05) is 41.8 Å². The number of H-pyrrole nitrogens is 1. The molecule has 1 aromatic carbocycles. The monoisotopic (exact) mass is 326 g/mol. The highest BCUT2D eigenvalue weighted by molar-refractivity contribution is 7.11. The minimum absolute atomic E-state index is 0.328.